The molecule has 0 aromatic heterocycles. The predicted molar refractivity (Wildman–Crippen MR) is 163 cm³/mol. The first-order valence-electron chi connectivity index (χ1n) is 16.5. The molecular weight excluding hydrogens is 428 g/mol. The summed E-state index contributed by atoms with van der Waals surface area (Å²) in [6.07, 6.45) is 42.7. The van der Waals surface area contributed by atoms with Gasteiger partial charge in [-0.3, -0.25) is 0 Å². The molecule has 0 rings (SSSR count). The van der Waals surface area contributed by atoms with Gasteiger partial charge in [0.15, 0.2) is 0 Å². The molecule has 0 saturated heterocycles. The lowest BCUT2D eigenvalue weighted by molar-refractivity contribution is 0.526. The van der Waals surface area contributed by atoms with E-state index in [-0.39, 0.29) is 0 Å². The van der Waals surface area contributed by atoms with E-state index in [9.17, 15) is 0 Å². The minimum absolute atomic E-state index is 1.37. The average molecular weight is 497 g/mol. The zero-order chi connectivity index (χ0) is 24.6. The molecule has 0 unspecified atom stereocenters. The van der Waals surface area contributed by atoms with Gasteiger partial charge in [-0.05, 0) is 24.3 Å². The topological polar surface area (TPSA) is 0 Å². The number of hydrogen-bond acceptors (Lipinski definition) is 1. The molecule has 0 bridgehead atoms. The lowest BCUT2D eigenvalue weighted by Crippen LogP contribution is -1.87. The molecule has 0 aromatic carbocycles. The van der Waals surface area contributed by atoms with Crippen molar-refractivity contribution in [1.29, 1.82) is 0 Å². The Morgan fingerprint density at radius 2 is 0.412 bits per heavy atom. The van der Waals surface area contributed by atoms with Gasteiger partial charge in [0.1, 0.15) is 0 Å². The minimum atomic E-state index is 1.37. The van der Waals surface area contributed by atoms with Crippen molar-refractivity contribution in [1.82, 2.24) is 0 Å². The number of thioether (sulfide) groups is 1. The SMILES string of the molecule is CCCCCCCCCCCCCCCCCCCCSCCCCCCCCCCCCC. The van der Waals surface area contributed by atoms with Crippen molar-refractivity contribution in [2.24, 2.45) is 0 Å². The van der Waals surface area contributed by atoms with E-state index in [4.69, 9.17) is 0 Å². The van der Waals surface area contributed by atoms with Crippen molar-refractivity contribution in [2.75, 3.05) is 11.5 Å². The van der Waals surface area contributed by atoms with Crippen molar-refractivity contribution in [3.63, 3.8) is 0 Å². The lowest BCUT2D eigenvalue weighted by Gasteiger charge is -2.04. The fourth-order valence-corrected chi connectivity index (χ4v) is 6.10. The highest BCUT2D eigenvalue weighted by Crippen LogP contribution is 2.16. The molecule has 0 N–H and O–H groups in total. The van der Waals surface area contributed by atoms with Crippen LogP contribution < -0.4 is 0 Å². The monoisotopic (exact) mass is 497 g/mol. The first-order valence-corrected chi connectivity index (χ1v) is 17.6. The highest BCUT2D eigenvalue weighted by molar-refractivity contribution is 7.99. The number of unbranched alkanes of at least 4 members (excludes halogenated alkanes) is 27. The van der Waals surface area contributed by atoms with Gasteiger partial charge >= 0.3 is 0 Å². The fraction of sp³-hybridized carbons (Fsp3) is 1.00. The molecule has 1 heteroatoms. The Labute approximate surface area is 223 Å². The van der Waals surface area contributed by atoms with Crippen molar-refractivity contribution >= 4 is 11.8 Å². The Morgan fingerprint density at radius 3 is 0.618 bits per heavy atom. The summed E-state index contributed by atoms with van der Waals surface area (Å²) in [7, 11) is 0. The summed E-state index contributed by atoms with van der Waals surface area (Å²) >= 11 is 2.22. The predicted octanol–water partition coefficient (Wildman–Crippen LogP) is 13.1. The summed E-state index contributed by atoms with van der Waals surface area (Å²) < 4.78 is 0. The zero-order valence-electron chi connectivity index (χ0n) is 24.3. The highest BCUT2D eigenvalue weighted by Gasteiger charge is 1.97. The van der Waals surface area contributed by atoms with E-state index in [1.54, 1.807) is 0 Å². The Bertz CT molecular complexity index is 295. The molecule has 0 amide bonds. The molecule has 0 spiro atoms. The van der Waals surface area contributed by atoms with Gasteiger partial charge in [-0.25, -0.2) is 0 Å². The van der Waals surface area contributed by atoms with Crippen LogP contribution in [-0.2, 0) is 0 Å². The summed E-state index contributed by atoms with van der Waals surface area (Å²) in [6.45, 7) is 4.61. The van der Waals surface area contributed by atoms with E-state index in [0.717, 1.165) is 0 Å². The number of hydrogen-bond donors (Lipinski definition) is 0. The standard InChI is InChI=1S/C33H68S/c1-3-5-7-9-11-13-15-16-17-18-19-20-21-23-25-27-29-31-33-34-32-30-28-26-24-22-14-12-10-8-6-4-2/h3-33H2,1-2H3. The zero-order valence-corrected chi connectivity index (χ0v) is 25.1. The highest BCUT2D eigenvalue weighted by atomic mass is 32.2. The van der Waals surface area contributed by atoms with Gasteiger partial charge in [-0.15, -0.1) is 0 Å². The summed E-state index contributed by atoms with van der Waals surface area (Å²) in [5.74, 6) is 2.83. The second-order valence-corrected chi connectivity index (χ2v) is 12.4. The molecule has 0 heterocycles. The third kappa shape index (κ3) is 32.4. The van der Waals surface area contributed by atoms with Crippen LogP contribution in [0.1, 0.15) is 200 Å². The molecule has 0 radical (unpaired) electrons. The summed E-state index contributed by atoms with van der Waals surface area (Å²) in [4.78, 5) is 0. The van der Waals surface area contributed by atoms with Gasteiger partial charge in [-0.1, -0.05) is 187 Å². The first-order chi connectivity index (χ1) is 16.9. The van der Waals surface area contributed by atoms with Crippen molar-refractivity contribution in [3.05, 3.63) is 0 Å². The third-order valence-electron chi connectivity index (χ3n) is 7.53. The molecule has 0 atom stereocenters. The Morgan fingerprint density at radius 1 is 0.235 bits per heavy atom. The van der Waals surface area contributed by atoms with E-state index in [0.29, 0.717) is 0 Å². The lowest BCUT2D eigenvalue weighted by atomic mass is 10.0. The molecular formula is C33H68S. The Kier molecular flexibility index (Phi) is 33.7. The molecule has 0 nitrogen and oxygen atoms in total. The van der Waals surface area contributed by atoms with Crippen LogP contribution in [0.15, 0.2) is 0 Å². The molecule has 0 aliphatic rings. The van der Waals surface area contributed by atoms with Crippen LogP contribution in [0.4, 0.5) is 0 Å². The summed E-state index contributed by atoms with van der Waals surface area (Å²) in [5.41, 5.74) is 0. The second kappa shape index (κ2) is 33.4. The number of rotatable bonds is 31. The van der Waals surface area contributed by atoms with Crippen molar-refractivity contribution in [2.45, 2.75) is 200 Å². The molecule has 34 heavy (non-hydrogen) atoms. The normalized spacial score (nSPS) is 11.5. The van der Waals surface area contributed by atoms with Crippen LogP contribution in [0.2, 0.25) is 0 Å². The Hall–Kier alpha value is 0.350. The largest absolute Gasteiger partial charge is 0.162 e. The molecule has 206 valence electrons. The van der Waals surface area contributed by atoms with E-state index in [2.05, 4.69) is 25.6 Å². The Balaban J connectivity index is 2.99. The van der Waals surface area contributed by atoms with Gasteiger partial charge in [-0.2, -0.15) is 11.8 Å². The maximum absolute atomic E-state index is 2.31. The van der Waals surface area contributed by atoms with Crippen molar-refractivity contribution in [3.8, 4) is 0 Å². The molecule has 0 aromatic rings. The van der Waals surface area contributed by atoms with Crippen LogP contribution in [-0.4, -0.2) is 11.5 Å². The molecule has 0 aliphatic carbocycles. The van der Waals surface area contributed by atoms with E-state index >= 15 is 0 Å². The maximum Gasteiger partial charge on any atom is -0.00675 e. The van der Waals surface area contributed by atoms with Crippen LogP contribution in [0, 0.1) is 0 Å². The van der Waals surface area contributed by atoms with E-state index in [1.807, 2.05) is 0 Å². The van der Waals surface area contributed by atoms with Crippen LogP contribution in [0.3, 0.4) is 0 Å². The van der Waals surface area contributed by atoms with E-state index < -0.39 is 0 Å². The summed E-state index contributed by atoms with van der Waals surface area (Å²) in [5, 5.41) is 0. The first kappa shape index (κ1) is 34.4. The van der Waals surface area contributed by atoms with Crippen LogP contribution >= 0.6 is 11.8 Å². The van der Waals surface area contributed by atoms with Gasteiger partial charge < -0.3 is 0 Å². The summed E-state index contributed by atoms with van der Waals surface area (Å²) in [6, 6.07) is 0. The minimum Gasteiger partial charge on any atom is -0.162 e. The van der Waals surface area contributed by atoms with Gasteiger partial charge in [0.2, 0.25) is 0 Å². The molecule has 0 fully saturated rings. The average Bonchev–Trinajstić information content (AvgIpc) is 2.85. The van der Waals surface area contributed by atoms with Crippen LogP contribution in [0.5, 0.6) is 0 Å². The van der Waals surface area contributed by atoms with Gasteiger partial charge in [0, 0.05) is 0 Å². The van der Waals surface area contributed by atoms with Crippen LogP contribution in [0.25, 0.3) is 0 Å². The molecule has 0 aliphatic heterocycles. The maximum atomic E-state index is 2.31. The van der Waals surface area contributed by atoms with Crippen molar-refractivity contribution < 1.29 is 0 Å². The van der Waals surface area contributed by atoms with Gasteiger partial charge in [0.05, 0.1) is 0 Å². The fourth-order valence-electron chi connectivity index (χ4n) is 5.08. The van der Waals surface area contributed by atoms with Gasteiger partial charge in [0.25, 0.3) is 0 Å². The quantitative estimate of drug-likeness (QED) is 0.0859. The van der Waals surface area contributed by atoms with E-state index in [1.165, 1.54) is 198 Å². The smallest absolute Gasteiger partial charge is 0.00675 e. The second-order valence-electron chi connectivity index (χ2n) is 11.2. The molecule has 0 saturated carbocycles. The third-order valence-corrected chi connectivity index (χ3v) is 8.69.